The number of phenolic OH excluding ortho intramolecular Hbond substituents is 4. The molecular formula is C37H40FeN6O8. The summed E-state index contributed by atoms with van der Waals surface area (Å²) in [5, 5.41) is 61.7. The number of rotatable bonds is 4. The van der Waals surface area contributed by atoms with E-state index in [4.69, 9.17) is 28.0 Å². The van der Waals surface area contributed by atoms with Gasteiger partial charge in [0.05, 0.1) is 32.6 Å². The Bertz CT molecular complexity index is 2110. The average molecular weight is 753 g/mol. The minimum atomic E-state index is -0.624. The summed E-state index contributed by atoms with van der Waals surface area (Å²) >= 11 is 0. The van der Waals surface area contributed by atoms with Crippen LogP contribution in [0.2, 0.25) is 0 Å². The second kappa shape index (κ2) is 18.0. The van der Waals surface area contributed by atoms with Gasteiger partial charge in [-0.2, -0.15) is 0 Å². The van der Waals surface area contributed by atoms with Crippen LogP contribution in [0.25, 0.3) is 21.5 Å². The molecule has 6 rings (SSSR count). The van der Waals surface area contributed by atoms with Crippen LogP contribution in [-0.2, 0) is 22.5 Å². The zero-order valence-electron chi connectivity index (χ0n) is 28.5. The molecule has 0 saturated carbocycles. The number of nitrogens with zero attached hydrogens (tertiary/aromatic N) is 2. The summed E-state index contributed by atoms with van der Waals surface area (Å²) in [6, 6.07) is 28.8. The van der Waals surface area contributed by atoms with Crippen molar-refractivity contribution in [2.75, 3.05) is 22.9 Å². The Balaban J connectivity index is 0.000000241. The average Bonchev–Trinajstić information content (AvgIpc) is 3.11. The molecule has 0 radical (unpaired) electrons. The third kappa shape index (κ3) is 10.3. The Hall–Kier alpha value is -6.44. The summed E-state index contributed by atoms with van der Waals surface area (Å²) in [5.74, 6) is -0.307. The molecule has 274 valence electrons. The molecule has 15 heteroatoms. The number of hydrogen-bond acceptors (Lipinski definition) is 12. The van der Waals surface area contributed by atoms with Gasteiger partial charge in [0.15, 0.2) is 0 Å². The summed E-state index contributed by atoms with van der Waals surface area (Å²) in [5.41, 5.74) is 23.2. The van der Waals surface area contributed by atoms with Crippen LogP contribution < -0.4 is 22.9 Å². The summed E-state index contributed by atoms with van der Waals surface area (Å²) in [7, 11) is 0. The first-order valence-electron chi connectivity index (χ1n) is 15.4. The van der Waals surface area contributed by atoms with Gasteiger partial charge in [0.25, 0.3) is 5.69 Å². The number of nitrogens with two attached hydrogens (primary N) is 4. The Kier molecular flexibility index (Phi) is 14.4. The molecule has 14 nitrogen and oxygen atoms in total. The number of hydrogen-bond donors (Lipinski definition) is 8. The minimum absolute atomic E-state index is 0. The van der Waals surface area contributed by atoms with Gasteiger partial charge in [0, 0.05) is 46.0 Å². The van der Waals surface area contributed by atoms with E-state index in [2.05, 4.69) is 0 Å². The smallest absolute Gasteiger partial charge is 0.313 e. The van der Waals surface area contributed by atoms with Crippen LogP contribution in [0.1, 0.15) is 32.8 Å². The van der Waals surface area contributed by atoms with E-state index in [0.29, 0.717) is 11.4 Å². The third-order valence-electron chi connectivity index (χ3n) is 8.10. The molecule has 0 aliphatic heterocycles. The zero-order valence-corrected chi connectivity index (χ0v) is 29.6. The van der Waals surface area contributed by atoms with E-state index in [0.717, 1.165) is 39.6 Å². The molecule has 52 heavy (non-hydrogen) atoms. The molecule has 0 amide bonds. The van der Waals surface area contributed by atoms with E-state index in [9.17, 15) is 35.5 Å². The summed E-state index contributed by atoms with van der Waals surface area (Å²) in [6.45, 7) is 5.94. The fourth-order valence-corrected chi connectivity index (χ4v) is 4.60. The van der Waals surface area contributed by atoms with Gasteiger partial charge in [-0.3, -0.25) is 20.2 Å². The van der Waals surface area contributed by atoms with Crippen LogP contribution in [0, 0.1) is 20.2 Å². The van der Waals surface area contributed by atoms with E-state index in [1.807, 2.05) is 81.4 Å². The summed E-state index contributed by atoms with van der Waals surface area (Å²) < 4.78 is 0. The quantitative estimate of drug-likeness (QED) is 0.0283. The number of non-ortho nitro benzene ring substituents is 1. The van der Waals surface area contributed by atoms with Gasteiger partial charge >= 0.3 is 5.69 Å². The van der Waals surface area contributed by atoms with Crippen molar-refractivity contribution in [1.29, 1.82) is 0 Å². The van der Waals surface area contributed by atoms with Crippen LogP contribution in [0.4, 0.5) is 34.1 Å². The Morgan fingerprint density at radius 3 is 1.50 bits per heavy atom. The Morgan fingerprint density at radius 1 is 0.615 bits per heavy atom. The molecule has 0 aliphatic rings. The van der Waals surface area contributed by atoms with Gasteiger partial charge < -0.3 is 43.4 Å². The largest absolute Gasteiger partial charge is 0.506 e. The van der Waals surface area contributed by atoms with Gasteiger partial charge in [-0.1, -0.05) is 81.4 Å². The van der Waals surface area contributed by atoms with Crippen molar-refractivity contribution in [3.05, 3.63) is 129 Å². The number of nitro benzene ring substituents is 2. The van der Waals surface area contributed by atoms with Crippen molar-refractivity contribution < 1.29 is 47.3 Å². The number of fused-ring (bicyclic) bond motifs is 2. The van der Waals surface area contributed by atoms with E-state index < -0.39 is 15.6 Å². The third-order valence-corrected chi connectivity index (χ3v) is 8.10. The fraction of sp³-hybridized carbons (Fsp3) is 0.135. The molecule has 0 atom stereocenters. The van der Waals surface area contributed by atoms with Crippen molar-refractivity contribution in [3.63, 3.8) is 0 Å². The molecular weight excluding hydrogens is 712 g/mol. The van der Waals surface area contributed by atoms with Crippen LogP contribution in [0.5, 0.6) is 23.0 Å². The normalized spacial score (nSPS) is 10.3. The predicted octanol–water partition coefficient (Wildman–Crippen LogP) is 7.71. The maximum Gasteiger partial charge on any atom is 0.313 e. The molecule has 0 bridgehead atoms. The van der Waals surface area contributed by atoms with E-state index in [1.54, 1.807) is 18.2 Å². The number of benzene rings is 6. The van der Waals surface area contributed by atoms with Crippen molar-refractivity contribution >= 4 is 55.7 Å². The number of aromatic hydroxyl groups is 4. The maximum absolute atomic E-state index is 10.7. The monoisotopic (exact) mass is 752 g/mol. The first-order chi connectivity index (χ1) is 24.0. The van der Waals surface area contributed by atoms with Crippen molar-refractivity contribution in [1.82, 2.24) is 0 Å². The molecule has 0 spiro atoms. The fourth-order valence-electron chi connectivity index (χ4n) is 4.60. The second-order valence-corrected chi connectivity index (χ2v) is 11.9. The summed E-state index contributed by atoms with van der Waals surface area (Å²) in [6.07, 6.45) is 0.828. The predicted molar refractivity (Wildman–Crippen MR) is 202 cm³/mol. The molecule has 12 N–H and O–H groups in total. The molecule has 0 aromatic heterocycles. The van der Waals surface area contributed by atoms with E-state index in [1.165, 1.54) is 18.2 Å². The van der Waals surface area contributed by atoms with Crippen LogP contribution in [0.15, 0.2) is 103 Å². The van der Waals surface area contributed by atoms with Crippen molar-refractivity contribution in [2.24, 2.45) is 0 Å². The Morgan fingerprint density at radius 2 is 1.08 bits per heavy atom. The minimum Gasteiger partial charge on any atom is -0.506 e. The standard InChI is InChI=1S/C11H16N2O3.2C10H9NO.C6H6N2O3.Fe/c1-4-11(2,3)7-5-8(12)10(14)9(6-7)13(15)16;2*11-10-8-4-2-1-3-7(8)5-6-9(10)12;7-5-3-4(8(10)11)1-2-6(5)9;/h5-6,14H,4,12H2,1-3H3;2*1-6,12H,11H2;1-3,9H,7H2;. The first kappa shape index (κ1) is 41.7. The van der Waals surface area contributed by atoms with Gasteiger partial charge in [-0.25, -0.2) is 0 Å². The van der Waals surface area contributed by atoms with E-state index >= 15 is 0 Å². The van der Waals surface area contributed by atoms with Gasteiger partial charge in [-0.05, 0) is 52.4 Å². The number of nitro groups is 2. The maximum atomic E-state index is 10.7. The topological polar surface area (TPSA) is 271 Å². The second-order valence-electron chi connectivity index (χ2n) is 11.9. The molecule has 0 unspecified atom stereocenters. The zero-order chi connectivity index (χ0) is 38.0. The molecule has 0 fully saturated rings. The molecule has 0 aliphatic carbocycles. The SMILES string of the molecule is CCC(C)(C)c1cc(N)c(O)c([N+](=O)[O-])c1.Nc1c(O)ccc2ccccc12.Nc1c(O)ccc2ccccc12.Nc1cc([N+](=O)[O-])ccc1O.[Fe]. The van der Waals surface area contributed by atoms with E-state index in [-0.39, 0.29) is 62.5 Å². The Labute approximate surface area is 309 Å². The van der Waals surface area contributed by atoms with Crippen LogP contribution in [-0.4, -0.2) is 30.3 Å². The first-order valence-corrected chi connectivity index (χ1v) is 15.4. The number of phenols is 4. The van der Waals surface area contributed by atoms with Crippen LogP contribution in [0.3, 0.4) is 0 Å². The molecule has 6 aromatic carbocycles. The molecule has 6 aromatic rings. The summed E-state index contributed by atoms with van der Waals surface area (Å²) in [4.78, 5) is 19.7. The number of anilines is 4. The molecule has 0 heterocycles. The van der Waals surface area contributed by atoms with Gasteiger partial charge in [0.2, 0.25) is 5.75 Å². The van der Waals surface area contributed by atoms with Gasteiger partial charge in [-0.15, -0.1) is 0 Å². The van der Waals surface area contributed by atoms with Crippen molar-refractivity contribution in [3.8, 4) is 23.0 Å². The van der Waals surface area contributed by atoms with Crippen molar-refractivity contribution in [2.45, 2.75) is 32.6 Å². The number of nitrogen functional groups attached to an aromatic ring is 4. The molecule has 0 saturated heterocycles. The van der Waals surface area contributed by atoms with Gasteiger partial charge in [0.1, 0.15) is 17.2 Å². The van der Waals surface area contributed by atoms with Crippen LogP contribution >= 0.6 is 0 Å².